The molecular formula is C24H28Cl2FN5O3. The van der Waals surface area contributed by atoms with Crippen LogP contribution in [0, 0.1) is 11.7 Å². The van der Waals surface area contributed by atoms with Gasteiger partial charge in [-0.1, -0.05) is 30.1 Å². The van der Waals surface area contributed by atoms with Gasteiger partial charge in [0.25, 0.3) is 5.91 Å². The van der Waals surface area contributed by atoms with Gasteiger partial charge in [-0.05, 0) is 49.8 Å². The number of aromatic nitrogens is 3. The van der Waals surface area contributed by atoms with Crippen LogP contribution < -0.4 is 15.4 Å². The second-order valence-electron chi connectivity index (χ2n) is 8.82. The Kier molecular flexibility index (Phi) is 7.98. The van der Waals surface area contributed by atoms with Gasteiger partial charge in [0.15, 0.2) is 5.65 Å². The molecular weight excluding hydrogens is 496 g/mol. The number of ether oxygens (including phenoxy) is 2. The first kappa shape index (κ1) is 25.5. The van der Waals surface area contributed by atoms with E-state index >= 15 is 0 Å². The Morgan fingerprint density at radius 2 is 1.83 bits per heavy atom. The first-order chi connectivity index (χ1) is 16.8. The van der Waals surface area contributed by atoms with Gasteiger partial charge in [0, 0.05) is 20.2 Å². The molecule has 1 aliphatic carbocycles. The number of hydrogen-bond acceptors (Lipinski definition) is 6. The molecule has 8 nitrogen and oxygen atoms in total. The number of carbonyl (C=O) groups excluding carboxylic acids is 1. The quantitative estimate of drug-likeness (QED) is 0.379. The van der Waals surface area contributed by atoms with E-state index in [0.29, 0.717) is 40.9 Å². The number of aryl methyl sites for hydroxylation is 1. The van der Waals surface area contributed by atoms with Crippen molar-refractivity contribution >= 4 is 51.9 Å². The average Bonchev–Trinajstić information content (AvgIpc) is 3.11. The summed E-state index contributed by atoms with van der Waals surface area (Å²) in [6.07, 6.45) is 4.06. The zero-order chi connectivity index (χ0) is 25.1. The molecule has 4 rings (SSSR count). The number of halogens is 3. The molecule has 188 valence electrons. The van der Waals surface area contributed by atoms with E-state index < -0.39 is 5.82 Å². The summed E-state index contributed by atoms with van der Waals surface area (Å²) < 4.78 is 26.1. The van der Waals surface area contributed by atoms with Gasteiger partial charge in [0.2, 0.25) is 11.8 Å². The molecule has 1 fully saturated rings. The predicted octanol–water partition coefficient (Wildman–Crippen LogP) is 5.49. The van der Waals surface area contributed by atoms with Gasteiger partial charge in [-0.25, -0.2) is 9.37 Å². The zero-order valence-electron chi connectivity index (χ0n) is 19.8. The van der Waals surface area contributed by atoms with Crippen LogP contribution in [0.5, 0.6) is 5.88 Å². The maximum absolute atomic E-state index is 13.6. The molecule has 2 N–H and O–H groups in total. The second kappa shape index (κ2) is 11.0. The summed E-state index contributed by atoms with van der Waals surface area (Å²) in [5, 5.41) is 6.38. The van der Waals surface area contributed by atoms with Crippen LogP contribution in [0.25, 0.3) is 11.2 Å². The summed E-state index contributed by atoms with van der Waals surface area (Å²) in [6, 6.07) is 4.09. The lowest BCUT2D eigenvalue weighted by molar-refractivity contribution is 0.0914. The summed E-state index contributed by atoms with van der Waals surface area (Å²) in [7, 11) is 3.32. The summed E-state index contributed by atoms with van der Waals surface area (Å²) in [6.45, 7) is 2.82. The van der Waals surface area contributed by atoms with Gasteiger partial charge in [0.1, 0.15) is 23.5 Å². The topological polar surface area (TPSA) is 90.3 Å². The van der Waals surface area contributed by atoms with Crippen molar-refractivity contribution in [3.8, 4) is 5.88 Å². The fourth-order valence-electron chi connectivity index (χ4n) is 4.14. The normalized spacial score (nSPS) is 18.0. The number of imidazole rings is 1. The van der Waals surface area contributed by atoms with E-state index in [1.807, 2.05) is 0 Å². The van der Waals surface area contributed by atoms with Crippen molar-refractivity contribution in [3.05, 3.63) is 39.6 Å². The standard InChI is InChI=1S/C24H28Cl2FN5O3/c1-13-4-6-15(7-5-13)28-22(33)16-12-19-21(31-23(16)35-9-8-34-3)32(2)24(29-19)30-20-17(25)10-14(27)11-18(20)26/h10-13,15H,4-9H2,1-3H3,(H,28,33)(H,29,30). The van der Waals surface area contributed by atoms with Crippen molar-refractivity contribution in [1.82, 2.24) is 19.9 Å². The molecule has 0 radical (unpaired) electrons. The van der Waals surface area contributed by atoms with E-state index in [1.54, 1.807) is 24.8 Å². The molecule has 0 spiro atoms. The molecule has 0 unspecified atom stereocenters. The molecule has 0 atom stereocenters. The minimum atomic E-state index is -0.543. The summed E-state index contributed by atoms with van der Waals surface area (Å²) in [5.74, 6) is 0.444. The predicted molar refractivity (Wildman–Crippen MR) is 134 cm³/mol. The molecule has 2 aromatic heterocycles. The fraction of sp³-hybridized carbons (Fsp3) is 0.458. The van der Waals surface area contributed by atoms with Crippen molar-refractivity contribution in [1.29, 1.82) is 0 Å². The number of amides is 1. The smallest absolute Gasteiger partial charge is 0.257 e. The minimum Gasteiger partial charge on any atom is -0.475 e. The van der Waals surface area contributed by atoms with E-state index in [4.69, 9.17) is 32.7 Å². The van der Waals surface area contributed by atoms with Crippen LogP contribution >= 0.6 is 23.2 Å². The molecule has 2 heterocycles. The number of nitrogens with one attached hydrogen (secondary N) is 2. The average molecular weight is 524 g/mol. The van der Waals surface area contributed by atoms with E-state index in [1.165, 1.54) is 0 Å². The molecule has 1 aromatic carbocycles. The molecule has 35 heavy (non-hydrogen) atoms. The molecule has 0 bridgehead atoms. The lowest BCUT2D eigenvalue weighted by Gasteiger charge is -2.27. The summed E-state index contributed by atoms with van der Waals surface area (Å²) >= 11 is 12.4. The summed E-state index contributed by atoms with van der Waals surface area (Å²) in [4.78, 5) is 22.4. The number of benzene rings is 1. The second-order valence-corrected chi connectivity index (χ2v) is 9.63. The van der Waals surface area contributed by atoms with E-state index in [9.17, 15) is 9.18 Å². The third-order valence-corrected chi connectivity index (χ3v) is 6.77. The Morgan fingerprint density at radius 3 is 2.49 bits per heavy atom. The SMILES string of the molecule is COCCOc1nc2c(cc1C(=O)NC1CCC(C)CC1)nc(Nc1c(Cl)cc(F)cc1Cl)n2C. The molecule has 0 saturated heterocycles. The number of rotatable bonds is 8. The molecule has 1 aliphatic rings. The number of fused-ring (bicyclic) bond motifs is 1. The van der Waals surface area contributed by atoms with Crippen LogP contribution in [0.3, 0.4) is 0 Å². The number of carbonyl (C=O) groups is 1. The Balaban J connectivity index is 1.67. The first-order valence-corrected chi connectivity index (χ1v) is 12.2. The highest BCUT2D eigenvalue weighted by molar-refractivity contribution is 6.39. The van der Waals surface area contributed by atoms with Gasteiger partial charge in [-0.3, -0.25) is 9.36 Å². The minimum absolute atomic E-state index is 0.112. The van der Waals surface area contributed by atoms with Gasteiger partial charge in [-0.2, -0.15) is 4.98 Å². The molecule has 11 heteroatoms. The van der Waals surface area contributed by atoms with Crippen LogP contribution in [0.15, 0.2) is 18.2 Å². The third kappa shape index (κ3) is 5.79. The third-order valence-electron chi connectivity index (χ3n) is 6.18. The molecule has 3 aromatic rings. The summed E-state index contributed by atoms with van der Waals surface area (Å²) in [5.41, 5.74) is 1.58. The number of anilines is 2. The number of methoxy groups -OCH3 is 1. The van der Waals surface area contributed by atoms with E-state index in [0.717, 1.165) is 37.8 Å². The molecule has 1 saturated carbocycles. The zero-order valence-corrected chi connectivity index (χ0v) is 21.3. The Bertz CT molecular complexity index is 1200. The van der Waals surface area contributed by atoms with Gasteiger partial charge >= 0.3 is 0 Å². The van der Waals surface area contributed by atoms with E-state index in [-0.39, 0.29) is 34.5 Å². The number of hydrogen-bond donors (Lipinski definition) is 2. The highest BCUT2D eigenvalue weighted by atomic mass is 35.5. The van der Waals surface area contributed by atoms with E-state index in [2.05, 4.69) is 27.5 Å². The first-order valence-electron chi connectivity index (χ1n) is 11.5. The van der Waals surface area contributed by atoms with Gasteiger partial charge in [-0.15, -0.1) is 0 Å². The highest BCUT2D eigenvalue weighted by Gasteiger charge is 2.24. The fourth-order valence-corrected chi connectivity index (χ4v) is 4.70. The van der Waals surface area contributed by atoms with Gasteiger partial charge < -0.3 is 20.1 Å². The van der Waals surface area contributed by atoms with Crippen LogP contribution in [-0.4, -0.2) is 46.8 Å². The highest BCUT2D eigenvalue weighted by Crippen LogP contribution is 2.34. The largest absolute Gasteiger partial charge is 0.475 e. The molecule has 1 amide bonds. The van der Waals surface area contributed by atoms with Crippen LogP contribution in [0.4, 0.5) is 16.0 Å². The van der Waals surface area contributed by atoms with Crippen LogP contribution in [-0.2, 0) is 11.8 Å². The number of nitrogens with zero attached hydrogens (tertiary/aromatic N) is 3. The van der Waals surface area contributed by atoms with Crippen molar-refractivity contribution in [2.75, 3.05) is 25.6 Å². The Labute approximate surface area is 213 Å². The van der Waals surface area contributed by atoms with Crippen LogP contribution in [0.1, 0.15) is 43.0 Å². The Morgan fingerprint density at radius 1 is 1.14 bits per heavy atom. The van der Waals surface area contributed by atoms with Crippen molar-refractivity contribution in [2.24, 2.45) is 13.0 Å². The maximum atomic E-state index is 13.6. The number of pyridine rings is 1. The lowest BCUT2D eigenvalue weighted by atomic mass is 9.87. The maximum Gasteiger partial charge on any atom is 0.257 e. The Hall–Kier alpha value is -2.62. The van der Waals surface area contributed by atoms with Gasteiger partial charge in [0.05, 0.1) is 22.3 Å². The van der Waals surface area contributed by atoms with Crippen LogP contribution in [0.2, 0.25) is 10.0 Å². The molecule has 0 aliphatic heterocycles. The van der Waals surface area contributed by atoms with Crippen molar-refractivity contribution in [3.63, 3.8) is 0 Å². The van der Waals surface area contributed by atoms with Crippen molar-refractivity contribution < 1.29 is 18.7 Å². The monoisotopic (exact) mass is 523 g/mol. The van der Waals surface area contributed by atoms with Crippen molar-refractivity contribution in [2.45, 2.75) is 38.6 Å². The lowest BCUT2D eigenvalue weighted by Crippen LogP contribution is -2.37.